The van der Waals surface area contributed by atoms with E-state index in [2.05, 4.69) is 73.6 Å². The monoisotopic (exact) mass is 280 g/mol. The van der Waals surface area contributed by atoms with Gasteiger partial charge in [0.15, 0.2) is 0 Å². The molecular weight excluding hydrogens is 256 g/mol. The van der Waals surface area contributed by atoms with Gasteiger partial charge >= 0.3 is 0 Å². The third-order valence-corrected chi connectivity index (χ3v) is 4.32. The summed E-state index contributed by atoms with van der Waals surface area (Å²) in [4.78, 5) is 2.33. The average Bonchev–Trinajstić information content (AvgIpc) is 2.86. The van der Waals surface area contributed by atoms with Crippen molar-refractivity contribution in [2.24, 2.45) is 0 Å². The number of hydrogen-bond acceptors (Lipinski definition) is 2. The van der Waals surface area contributed by atoms with E-state index in [4.69, 9.17) is 0 Å². The van der Waals surface area contributed by atoms with E-state index in [0.717, 1.165) is 13.1 Å². The number of likely N-dealkylation sites (N-methyl/N-ethyl adjacent to an activating group) is 1. The molecule has 2 aromatic carbocycles. The van der Waals surface area contributed by atoms with E-state index in [0.29, 0.717) is 5.92 Å². The van der Waals surface area contributed by atoms with Crippen LogP contribution in [0.25, 0.3) is 0 Å². The first kappa shape index (κ1) is 14.0. The zero-order chi connectivity index (χ0) is 14.8. The van der Waals surface area contributed by atoms with E-state index >= 15 is 0 Å². The van der Waals surface area contributed by atoms with Crippen LogP contribution in [-0.4, -0.2) is 13.6 Å². The molecule has 0 saturated heterocycles. The molecule has 2 aromatic rings. The lowest BCUT2D eigenvalue weighted by atomic mass is 10.0. The largest absolute Gasteiger partial charge is 0.381 e. The fraction of sp³-hybridized carbons (Fsp3) is 0.368. The van der Waals surface area contributed by atoms with Gasteiger partial charge in [-0.25, -0.2) is 0 Å². The second-order valence-corrected chi connectivity index (χ2v) is 6.27. The summed E-state index contributed by atoms with van der Waals surface area (Å²) >= 11 is 0. The zero-order valence-corrected chi connectivity index (χ0v) is 13.2. The second-order valence-electron chi connectivity index (χ2n) is 6.27. The van der Waals surface area contributed by atoms with Crippen LogP contribution in [0.4, 0.5) is 11.4 Å². The van der Waals surface area contributed by atoms with Gasteiger partial charge < -0.3 is 10.2 Å². The van der Waals surface area contributed by atoms with Gasteiger partial charge in [-0.05, 0) is 47.2 Å². The first-order valence-corrected chi connectivity index (χ1v) is 7.80. The quantitative estimate of drug-likeness (QED) is 0.892. The van der Waals surface area contributed by atoms with Gasteiger partial charge in [-0.1, -0.05) is 38.1 Å². The van der Waals surface area contributed by atoms with Gasteiger partial charge in [-0.15, -0.1) is 0 Å². The summed E-state index contributed by atoms with van der Waals surface area (Å²) < 4.78 is 0. The van der Waals surface area contributed by atoms with Crippen molar-refractivity contribution in [3.8, 4) is 0 Å². The molecule has 21 heavy (non-hydrogen) atoms. The van der Waals surface area contributed by atoms with Crippen LogP contribution in [-0.2, 0) is 13.0 Å². The molecule has 0 saturated carbocycles. The SMILES string of the molecule is CC(C)c1cccc(NCc2ccc3c(c2)CCN3C)c1. The van der Waals surface area contributed by atoms with E-state index < -0.39 is 0 Å². The van der Waals surface area contributed by atoms with E-state index in [1.807, 2.05) is 0 Å². The van der Waals surface area contributed by atoms with Crippen LogP contribution in [0.15, 0.2) is 42.5 Å². The fourth-order valence-corrected chi connectivity index (χ4v) is 2.94. The standard InChI is InChI=1S/C19H24N2/c1-14(2)16-5-4-6-18(12-16)20-13-15-7-8-19-17(11-15)9-10-21(19)3/h4-8,11-12,14,20H,9-10,13H2,1-3H3. The predicted molar refractivity (Wildman–Crippen MR) is 91.3 cm³/mol. The highest BCUT2D eigenvalue weighted by atomic mass is 15.1. The Morgan fingerprint density at radius 2 is 2.00 bits per heavy atom. The molecule has 1 heterocycles. The summed E-state index contributed by atoms with van der Waals surface area (Å²) in [7, 11) is 2.17. The van der Waals surface area contributed by atoms with Crippen LogP contribution in [0.1, 0.15) is 36.5 Å². The maximum Gasteiger partial charge on any atom is 0.0400 e. The van der Waals surface area contributed by atoms with Crippen LogP contribution in [0, 0.1) is 0 Å². The molecule has 1 aliphatic heterocycles. The van der Waals surface area contributed by atoms with Crippen molar-refractivity contribution in [3.63, 3.8) is 0 Å². The molecule has 1 N–H and O–H groups in total. The van der Waals surface area contributed by atoms with Gasteiger partial charge in [-0.3, -0.25) is 0 Å². The summed E-state index contributed by atoms with van der Waals surface area (Å²) in [6, 6.07) is 15.6. The van der Waals surface area contributed by atoms with Crippen molar-refractivity contribution in [2.75, 3.05) is 23.8 Å². The molecule has 0 aliphatic carbocycles. The van der Waals surface area contributed by atoms with Crippen molar-refractivity contribution in [1.29, 1.82) is 0 Å². The maximum absolute atomic E-state index is 3.54. The second kappa shape index (κ2) is 5.80. The molecule has 0 spiro atoms. The van der Waals surface area contributed by atoms with Gasteiger partial charge in [-0.2, -0.15) is 0 Å². The number of nitrogens with one attached hydrogen (secondary N) is 1. The maximum atomic E-state index is 3.54. The van der Waals surface area contributed by atoms with E-state index in [1.54, 1.807) is 0 Å². The number of hydrogen-bond donors (Lipinski definition) is 1. The molecule has 2 heteroatoms. The molecule has 0 fully saturated rings. The first-order chi connectivity index (χ1) is 10.1. The number of nitrogens with zero attached hydrogens (tertiary/aromatic N) is 1. The van der Waals surface area contributed by atoms with Crippen molar-refractivity contribution in [2.45, 2.75) is 32.7 Å². The van der Waals surface area contributed by atoms with Crippen LogP contribution in [0.2, 0.25) is 0 Å². The lowest BCUT2D eigenvalue weighted by Gasteiger charge is -2.13. The highest BCUT2D eigenvalue weighted by Gasteiger charge is 2.15. The van der Waals surface area contributed by atoms with Crippen molar-refractivity contribution in [3.05, 3.63) is 59.2 Å². The minimum Gasteiger partial charge on any atom is -0.381 e. The van der Waals surface area contributed by atoms with E-state index in [1.165, 1.54) is 34.5 Å². The van der Waals surface area contributed by atoms with E-state index in [-0.39, 0.29) is 0 Å². The van der Waals surface area contributed by atoms with Crippen LogP contribution in [0.5, 0.6) is 0 Å². The number of benzene rings is 2. The number of anilines is 2. The smallest absolute Gasteiger partial charge is 0.0400 e. The van der Waals surface area contributed by atoms with E-state index in [9.17, 15) is 0 Å². The van der Waals surface area contributed by atoms with Gasteiger partial charge in [0.25, 0.3) is 0 Å². The molecule has 1 aliphatic rings. The molecule has 0 amide bonds. The van der Waals surface area contributed by atoms with Crippen LogP contribution >= 0.6 is 0 Å². The molecule has 0 unspecified atom stereocenters. The van der Waals surface area contributed by atoms with Crippen LogP contribution < -0.4 is 10.2 Å². The van der Waals surface area contributed by atoms with Crippen molar-refractivity contribution < 1.29 is 0 Å². The summed E-state index contributed by atoms with van der Waals surface area (Å²) in [6.45, 7) is 6.49. The molecule has 0 atom stereocenters. The van der Waals surface area contributed by atoms with Gasteiger partial charge in [0.05, 0.1) is 0 Å². The lowest BCUT2D eigenvalue weighted by Crippen LogP contribution is -2.12. The van der Waals surface area contributed by atoms with Crippen molar-refractivity contribution >= 4 is 11.4 Å². The molecule has 0 radical (unpaired) electrons. The Labute approximate surface area is 127 Å². The Hall–Kier alpha value is -1.96. The molecule has 2 nitrogen and oxygen atoms in total. The van der Waals surface area contributed by atoms with Crippen molar-refractivity contribution in [1.82, 2.24) is 0 Å². The molecular formula is C19H24N2. The topological polar surface area (TPSA) is 15.3 Å². The summed E-state index contributed by atoms with van der Waals surface area (Å²) in [5.74, 6) is 0.572. The van der Waals surface area contributed by atoms with Gasteiger partial charge in [0.2, 0.25) is 0 Å². The zero-order valence-electron chi connectivity index (χ0n) is 13.2. The highest BCUT2D eigenvalue weighted by Crippen LogP contribution is 2.27. The summed E-state index contributed by atoms with van der Waals surface area (Å²) in [5, 5.41) is 3.54. The summed E-state index contributed by atoms with van der Waals surface area (Å²) in [5.41, 5.74) is 6.82. The molecule has 0 aromatic heterocycles. The third kappa shape index (κ3) is 3.05. The third-order valence-electron chi connectivity index (χ3n) is 4.32. The Balaban J connectivity index is 1.69. The Bertz CT molecular complexity index is 631. The predicted octanol–water partition coefficient (Wildman–Crippen LogP) is 4.41. The lowest BCUT2D eigenvalue weighted by molar-refractivity contribution is 0.866. The van der Waals surface area contributed by atoms with Gasteiger partial charge in [0.1, 0.15) is 0 Å². The Morgan fingerprint density at radius 3 is 2.81 bits per heavy atom. The van der Waals surface area contributed by atoms with Crippen LogP contribution in [0.3, 0.4) is 0 Å². The molecule has 0 bridgehead atoms. The first-order valence-electron chi connectivity index (χ1n) is 7.80. The highest BCUT2D eigenvalue weighted by molar-refractivity contribution is 5.59. The normalized spacial score (nSPS) is 13.6. The van der Waals surface area contributed by atoms with Gasteiger partial charge in [0, 0.05) is 31.5 Å². The average molecular weight is 280 g/mol. The minimum atomic E-state index is 0.572. The summed E-state index contributed by atoms with van der Waals surface area (Å²) in [6.07, 6.45) is 1.17. The molecule has 110 valence electrons. The Kier molecular flexibility index (Phi) is 3.87. The fourth-order valence-electron chi connectivity index (χ4n) is 2.94. The Morgan fingerprint density at radius 1 is 1.14 bits per heavy atom. The number of rotatable bonds is 4. The molecule has 3 rings (SSSR count). The number of fused-ring (bicyclic) bond motifs is 1. The minimum absolute atomic E-state index is 0.572.